The van der Waals surface area contributed by atoms with Crippen LogP contribution in [0.1, 0.15) is 36.4 Å². The number of para-hydroxylation sites is 1. The molecule has 0 radical (unpaired) electrons. The van der Waals surface area contributed by atoms with Gasteiger partial charge in [0.1, 0.15) is 5.41 Å². The molecule has 4 heterocycles. The molecule has 5 rings (SSSR count). The predicted octanol–water partition coefficient (Wildman–Crippen LogP) is 1.70. The number of morpholine rings is 1. The fourth-order valence-corrected chi connectivity index (χ4v) is 5.42. The summed E-state index contributed by atoms with van der Waals surface area (Å²) in [5.74, 6) is 0.0855. The van der Waals surface area contributed by atoms with Crippen LogP contribution in [-0.2, 0) is 26.8 Å². The molecule has 3 aliphatic rings. The van der Waals surface area contributed by atoms with Gasteiger partial charge in [-0.05, 0) is 31.0 Å². The maximum atomic E-state index is 13.4. The first-order chi connectivity index (χ1) is 15.1. The Labute approximate surface area is 182 Å². The summed E-state index contributed by atoms with van der Waals surface area (Å²) >= 11 is 0. The number of aromatic nitrogens is 2. The number of hydrogen-bond acceptors (Lipinski definition) is 5. The molecule has 31 heavy (non-hydrogen) atoms. The molecule has 2 fully saturated rings. The van der Waals surface area contributed by atoms with E-state index in [1.54, 1.807) is 10.9 Å². The van der Waals surface area contributed by atoms with Crippen molar-refractivity contribution in [3.8, 4) is 0 Å². The zero-order valence-electron chi connectivity index (χ0n) is 17.9. The Kier molecular flexibility index (Phi) is 5.27. The zero-order chi connectivity index (χ0) is 21.4. The molecule has 1 aromatic carbocycles. The van der Waals surface area contributed by atoms with Gasteiger partial charge in [-0.2, -0.15) is 5.10 Å². The molecule has 0 unspecified atom stereocenters. The normalized spacial score (nSPS) is 25.8. The summed E-state index contributed by atoms with van der Waals surface area (Å²) in [5.41, 5.74) is 1.98. The van der Waals surface area contributed by atoms with Crippen molar-refractivity contribution in [1.82, 2.24) is 19.6 Å². The number of fused-ring (bicyclic) bond motifs is 2. The second-order valence-electron chi connectivity index (χ2n) is 8.72. The Balaban J connectivity index is 1.40. The highest BCUT2D eigenvalue weighted by Gasteiger charge is 2.59. The lowest BCUT2D eigenvalue weighted by Gasteiger charge is -2.33. The van der Waals surface area contributed by atoms with Crippen LogP contribution in [0.2, 0.25) is 0 Å². The Morgan fingerprint density at radius 3 is 2.84 bits per heavy atom. The van der Waals surface area contributed by atoms with E-state index in [0.29, 0.717) is 19.4 Å². The van der Waals surface area contributed by atoms with Gasteiger partial charge in [-0.25, -0.2) is 0 Å². The van der Waals surface area contributed by atoms with Crippen LogP contribution in [0.25, 0.3) is 0 Å². The van der Waals surface area contributed by atoms with Gasteiger partial charge in [0.15, 0.2) is 0 Å². The van der Waals surface area contributed by atoms with Crippen molar-refractivity contribution in [1.29, 1.82) is 0 Å². The van der Waals surface area contributed by atoms with Crippen molar-refractivity contribution in [2.24, 2.45) is 7.05 Å². The second kappa shape index (κ2) is 8.09. The van der Waals surface area contributed by atoms with Gasteiger partial charge in [-0.1, -0.05) is 18.2 Å². The van der Waals surface area contributed by atoms with E-state index in [2.05, 4.69) is 15.3 Å². The Bertz CT molecular complexity index is 983. The first kappa shape index (κ1) is 20.2. The highest BCUT2D eigenvalue weighted by Crippen LogP contribution is 2.54. The van der Waals surface area contributed by atoms with Gasteiger partial charge in [0, 0.05) is 50.6 Å². The van der Waals surface area contributed by atoms with Crippen molar-refractivity contribution < 1.29 is 14.3 Å². The van der Waals surface area contributed by atoms with E-state index in [9.17, 15) is 9.59 Å². The zero-order valence-corrected chi connectivity index (χ0v) is 17.9. The molecule has 164 valence electrons. The highest BCUT2D eigenvalue weighted by molar-refractivity contribution is 6.07. The number of rotatable bonds is 5. The van der Waals surface area contributed by atoms with Crippen LogP contribution in [0.5, 0.6) is 0 Å². The van der Waals surface area contributed by atoms with E-state index in [-0.39, 0.29) is 17.9 Å². The molecular formula is C23H29N5O3. The number of carbonyl (C=O) groups excluding carboxylic acids is 2. The third-order valence-corrected chi connectivity index (χ3v) is 6.92. The van der Waals surface area contributed by atoms with E-state index >= 15 is 0 Å². The Hall–Kier alpha value is -2.71. The first-order valence-corrected chi connectivity index (χ1v) is 11.1. The number of ether oxygens (including phenoxy) is 1. The molecule has 0 aliphatic carbocycles. The van der Waals surface area contributed by atoms with Gasteiger partial charge in [0.05, 0.1) is 25.5 Å². The van der Waals surface area contributed by atoms with Crippen molar-refractivity contribution >= 4 is 17.5 Å². The van der Waals surface area contributed by atoms with Crippen LogP contribution in [0.15, 0.2) is 36.7 Å². The van der Waals surface area contributed by atoms with E-state index < -0.39 is 5.41 Å². The topological polar surface area (TPSA) is 79.7 Å². The molecule has 2 aromatic rings. The number of nitrogens with zero attached hydrogens (tertiary/aromatic N) is 4. The lowest BCUT2D eigenvalue weighted by Crippen LogP contribution is -2.42. The Morgan fingerprint density at radius 1 is 1.26 bits per heavy atom. The Morgan fingerprint density at radius 2 is 2.06 bits per heavy atom. The smallest absolute Gasteiger partial charge is 0.237 e. The minimum atomic E-state index is -0.764. The summed E-state index contributed by atoms with van der Waals surface area (Å²) in [5, 5.41) is 7.40. The summed E-state index contributed by atoms with van der Waals surface area (Å²) in [7, 11) is 1.86. The van der Waals surface area contributed by atoms with Gasteiger partial charge in [0.2, 0.25) is 11.8 Å². The second-order valence-corrected chi connectivity index (χ2v) is 8.72. The molecule has 8 heteroatoms. The molecule has 0 saturated carbocycles. The minimum Gasteiger partial charge on any atom is -0.379 e. The summed E-state index contributed by atoms with van der Waals surface area (Å²) in [6.07, 6.45) is 5.63. The summed E-state index contributed by atoms with van der Waals surface area (Å²) < 4.78 is 7.14. The number of hydrogen-bond donors (Lipinski definition) is 1. The lowest BCUT2D eigenvalue weighted by atomic mass is 9.73. The monoisotopic (exact) mass is 423 g/mol. The molecule has 8 nitrogen and oxygen atoms in total. The molecule has 2 saturated heterocycles. The first-order valence-electron chi connectivity index (χ1n) is 11.1. The van der Waals surface area contributed by atoms with Crippen molar-refractivity contribution in [2.75, 3.05) is 44.7 Å². The fraction of sp³-hybridized carbons (Fsp3) is 0.522. The summed E-state index contributed by atoms with van der Waals surface area (Å²) in [6.45, 7) is 4.85. The molecule has 0 bridgehead atoms. The molecule has 1 aromatic heterocycles. The number of amides is 2. The fourth-order valence-electron chi connectivity index (χ4n) is 5.42. The number of nitrogens with one attached hydrogen (secondary N) is 1. The van der Waals surface area contributed by atoms with Gasteiger partial charge in [-0.15, -0.1) is 0 Å². The largest absolute Gasteiger partial charge is 0.379 e. The number of anilines is 1. The van der Waals surface area contributed by atoms with Crippen LogP contribution in [0, 0.1) is 0 Å². The van der Waals surface area contributed by atoms with Gasteiger partial charge < -0.3 is 15.0 Å². The van der Waals surface area contributed by atoms with Crippen molar-refractivity contribution in [3.63, 3.8) is 0 Å². The van der Waals surface area contributed by atoms with Gasteiger partial charge in [0.25, 0.3) is 0 Å². The van der Waals surface area contributed by atoms with Crippen molar-refractivity contribution in [3.05, 3.63) is 47.8 Å². The standard InChI is InChI=1S/C23H29N5O3/c1-26-16-17(15-24-26)21-23(18-5-2-3-6-19(18)25-22(23)30)8-10-28(21)20(29)7-4-9-27-11-13-31-14-12-27/h2-3,5-6,15-16,21H,4,7-14H2,1H3,(H,25,30)/t21-,23+/m0/s1. The quantitative estimate of drug-likeness (QED) is 0.792. The molecule has 2 amide bonds. The summed E-state index contributed by atoms with van der Waals surface area (Å²) in [4.78, 5) is 31.0. The average molecular weight is 424 g/mol. The van der Waals surface area contributed by atoms with E-state index in [1.165, 1.54) is 0 Å². The number of aryl methyl sites for hydroxylation is 1. The van der Waals surface area contributed by atoms with Gasteiger partial charge in [-0.3, -0.25) is 19.2 Å². The lowest BCUT2D eigenvalue weighted by molar-refractivity contribution is -0.133. The number of carbonyl (C=O) groups is 2. The maximum Gasteiger partial charge on any atom is 0.237 e. The van der Waals surface area contributed by atoms with Crippen LogP contribution < -0.4 is 5.32 Å². The SMILES string of the molecule is Cn1cc([C@@H]2N(C(=O)CCCN3CCOCC3)CC[C@]23C(=O)Nc2ccccc23)cn1. The number of benzene rings is 1. The van der Waals surface area contributed by atoms with Gasteiger partial charge >= 0.3 is 0 Å². The van der Waals surface area contributed by atoms with Crippen molar-refractivity contribution in [2.45, 2.75) is 30.7 Å². The number of likely N-dealkylation sites (tertiary alicyclic amines) is 1. The third kappa shape index (κ3) is 3.43. The van der Waals surface area contributed by atoms with Crippen LogP contribution >= 0.6 is 0 Å². The van der Waals surface area contributed by atoms with E-state index in [0.717, 1.165) is 56.1 Å². The van der Waals surface area contributed by atoms with E-state index in [4.69, 9.17) is 4.74 Å². The van der Waals surface area contributed by atoms with E-state index in [1.807, 2.05) is 42.4 Å². The molecule has 1 N–H and O–H groups in total. The molecule has 2 atom stereocenters. The maximum absolute atomic E-state index is 13.4. The molecule has 1 spiro atoms. The van der Waals surface area contributed by atoms with Crippen LogP contribution in [0.3, 0.4) is 0 Å². The average Bonchev–Trinajstić information content (AvgIpc) is 3.46. The van der Waals surface area contributed by atoms with Crippen LogP contribution in [-0.4, -0.2) is 70.8 Å². The minimum absolute atomic E-state index is 0.0221. The highest BCUT2D eigenvalue weighted by atomic mass is 16.5. The molecule has 3 aliphatic heterocycles. The predicted molar refractivity (Wildman–Crippen MR) is 116 cm³/mol. The van der Waals surface area contributed by atoms with Crippen LogP contribution in [0.4, 0.5) is 5.69 Å². The third-order valence-electron chi connectivity index (χ3n) is 6.92. The summed E-state index contributed by atoms with van der Waals surface area (Å²) in [6, 6.07) is 7.51. The molecular weight excluding hydrogens is 394 g/mol.